The van der Waals surface area contributed by atoms with Gasteiger partial charge in [0, 0.05) is 25.7 Å². The van der Waals surface area contributed by atoms with E-state index < -0.39 is 97.5 Å². The SMILES string of the molecule is CCC(C)CCCCCCCCCCCCCCCCC(=O)O[C@H](COC(=O)CCCCCCCCCCCCC(C)CC)COP(=O)(O)OC[C@@H](O)COP(=O)(O)OC[C@@H](COC(=O)CCCCCCCCC(C)C)OC(=O)CCCCCCCCC(C)C. The molecule has 0 aromatic carbocycles. The second-order valence-corrected chi connectivity index (χ2v) is 30.0. The van der Waals surface area contributed by atoms with Gasteiger partial charge in [0.1, 0.15) is 19.3 Å². The van der Waals surface area contributed by atoms with E-state index in [0.717, 1.165) is 108 Å². The summed E-state index contributed by atoms with van der Waals surface area (Å²) in [6.07, 6.45) is 43.3. The Morgan fingerprint density at radius 3 is 0.789 bits per heavy atom. The largest absolute Gasteiger partial charge is 0.472 e. The number of ether oxygens (including phenoxy) is 4. The lowest BCUT2D eigenvalue weighted by Crippen LogP contribution is -2.30. The van der Waals surface area contributed by atoms with Crippen molar-refractivity contribution in [2.24, 2.45) is 23.7 Å². The van der Waals surface area contributed by atoms with Crippen LogP contribution in [0.5, 0.6) is 0 Å². The normalized spacial score (nSPS) is 14.9. The lowest BCUT2D eigenvalue weighted by atomic mass is 9.99. The van der Waals surface area contributed by atoms with E-state index >= 15 is 0 Å². The van der Waals surface area contributed by atoms with Crippen LogP contribution in [0.4, 0.5) is 0 Å². The van der Waals surface area contributed by atoms with E-state index in [9.17, 15) is 43.2 Å². The second kappa shape index (κ2) is 60.7. The highest BCUT2D eigenvalue weighted by molar-refractivity contribution is 7.47. The van der Waals surface area contributed by atoms with E-state index in [1.54, 1.807) is 0 Å². The smallest absolute Gasteiger partial charge is 0.462 e. The molecule has 0 heterocycles. The predicted molar refractivity (Wildman–Crippen MR) is 363 cm³/mol. The molecule has 0 saturated heterocycles. The number of hydrogen-bond acceptors (Lipinski definition) is 15. The number of phosphoric acid groups is 2. The van der Waals surface area contributed by atoms with Crippen molar-refractivity contribution in [3.63, 3.8) is 0 Å². The van der Waals surface area contributed by atoms with E-state index in [4.69, 9.17) is 37.0 Å². The molecule has 0 radical (unpaired) electrons. The Balaban J connectivity index is 5.22. The lowest BCUT2D eigenvalue weighted by molar-refractivity contribution is -0.161. The highest BCUT2D eigenvalue weighted by Crippen LogP contribution is 2.45. The third-order valence-corrected chi connectivity index (χ3v) is 18.9. The standard InChI is InChI=1S/C71H138O17P2/c1-9-63(7)49-41-33-23-19-15-13-11-12-14-16-22-26-37-45-53-70(75)87-66(57-81-68(73)51-43-35-25-21-18-17-20-24-34-42-50-64(8)10-2)59-85-89(77,78)83-55-65(72)56-84-90(79,80)86-60-67(88-71(76)54-46-38-30-28-32-40-48-62(5)6)58-82-69(74)52-44-36-29-27-31-39-47-61(3)4/h61-67,72H,9-60H2,1-8H3,(H,77,78)(H,79,80)/t63?,64?,65-,66-,67-/m1/s1. The van der Waals surface area contributed by atoms with Crippen LogP contribution in [0.2, 0.25) is 0 Å². The van der Waals surface area contributed by atoms with Crippen molar-refractivity contribution in [1.29, 1.82) is 0 Å². The molecule has 0 fully saturated rings. The zero-order valence-corrected chi connectivity index (χ0v) is 60.6. The Hall–Kier alpha value is -1.94. The van der Waals surface area contributed by atoms with Gasteiger partial charge in [-0.15, -0.1) is 0 Å². The van der Waals surface area contributed by atoms with E-state index in [0.29, 0.717) is 37.5 Å². The van der Waals surface area contributed by atoms with Crippen LogP contribution in [0.1, 0.15) is 351 Å². The molecule has 0 amide bonds. The average molecular weight is 1330 g/mol. The maximum absolute atomic E-state index is 13.0. The van der Waals surface area contributed by atoms with Gasteiger partial charge >= 0.3 is 39.5 Å². The number of phosphoric ester groups is 2. The maximum atomic E-state index is 13.0. The molecule has 0 aromatic rings. The quantitative estimate of drug-likeness (QED) is 0.0222. The molecule has 0 aromatic heterocycles. The molecule has 0 aliphatic heterocycles. The van der Waals surface area contributed by atoms with Crippen molar-refractivity contribution < 1.29 is 80.2 Å². The summed E-state index contributed by atoms with van der Waals surface area (Å²) in [4.78, 5) is 72.5. The van der Waals surface area contributed by atoms with Gasteiger partial charge in [-0.1, -0.05) is 299 Å². The number of rotatable bonds is 68. The Morgan fingerprint density at radius 1 is 0.311 bits per heavy atom. The molecule has 7 atom stereocenters. The Morgan fingerprint density at radius 2 is 0.533 bits per heavy atom. The highest BCUT2D eigenvalue weighted by Gasteiger charge is 2.30. The van der Waals surface area contributed by atoms with Gasteiger partial charge in [0.25, 0.3) is 0 Å². The first-order valence-corrected chi connectivity index (χ1v) is 39.8. The van der Waals surface area contributed by atoms with Crippen molar-refractivity contribution in [3.05, 3.63) is 0 Å². The summed E-state index contributed by atoms with van der Waals surface area (Å²) < 4.78 is 68.2. The summed E-state index contributed by atoms with van der Waals surface area (Å²) in [5.41, 5.74) is 0. The number of hydrogen-bond donors (Lipinski definition) is 3. The first-order valence-electron chi connectivity index (χ1n) is 36.8. The predicted octanol–water partition coefficient (Wildman–Crippen LogP) is 20.1. The summed E-state index contributed by atoms with van der Waals surface area (Å²) in [5.74, 6) is 0.870. The van der Waals surface area contributed by atoms with Crippen LogP contribution in [-0.2, 0) is 65.4 Å². The van der Waals surface area contributed by atoms with E-state index in [2.05, 4.69) is 55.4 Å². The van der Waals surface area contributed by atoms with Gasteiger partial charge in [0.2, 0.25) is 0 Å². The molecule has 0 spiro atoms. The molecule has 534 valence electrons. The summed E-state index contributed by atoms with van der Waals surface area (Å²) in [5, 5.41) is 10.6. The fourth-order valence-corrected chi connectivity index (χ4v) is 12.2. The van der Waals surface area contributed by atoms with Gasteiger partial charge in [0.05, 0.1) is 26.4 Å². The number of carbonyl (C=O) groups excluding carboxylic acids is 4. The Bertz CT molecular complexity index is 1790. The molecule has 0 aliphatic rings. The molecule has 4 unspecified atom stereocenters. The summed E-state index contributed by atoms with van der Waals surface area (Å²) in [6.45, 7) is 14.1. The van der Waals surface area contributed by atoms with Gasteiger partial charge < -0.3 is 33.8 Å². The molecule has 3 N–H and O–H groups in total. The fourth-order valence-electron chi connectivity index (χ4n) is 10.6. The van der Waals surface area contributed by atoms with Crippen LogP contribution in [0, 0.1) is 23.7 Å². The van der Waals surface area contributed by atoms with Gasteiger partial charge in [-0.25, -0.2) is 9.13 Å². The average Bonchev–Trinajstić information content (AvgIpc) is 3.55. The fraction of sp³-hybridized carbons (Fsp3) is 0.944. The highest BCUT2D eigenvalue weighted by atomic mass is 31.2. The number of carbonyl (C=O) groups is 4. The first-order chi connectivity index (χ1) is 43.2. The van der Waals surface area contributed by atoms with Gasteiger partial charge in [0.15, 0.2) is 12.2 Å². The van der Waals surface area contributed by atoms with E-state index in [-0.39, 0.29) is 25.7 Å². The molecule has 0 bridgehead atoms. The van der Waals surface area contributed by atoms with Crippen molar-refractivity contribution in [1.82, 2.24) is 0 Å². The minimum absolute atomic E-state index is 0.101. The number of aliphatic hydroxyl groups excluding tert-OH is 1. The molecule has 0 aliphatic carbocycles. The second-order valence-electron chi connectivity index (χ2n) is 27.1. The van der Waals surface area contributed by atoms with Gasteiger partial charge in [-0.3, -0.25) is 37.3 Å². The molecular formula is C71H138O17P2. The Kier molecular flexibility index (Phi) is 59.4. The van der Waals surface area contributed by atoms with Crippen LogP contribution < -0.4 is 0 Å². The monoisotopic (exact) mass is 1320 g/mol. The third-order valence-electron chi connectivity index (χ3n) is 17.0. The van der Waals surface area contributed by atoms with Crippen LogP contribution in [-0.4, -0.2) is 96.7 Å². The van der Waals surface area contributed by atoms with Crippen molar-refractivity contribution in [3.8, 4) is 0 Å². The third kappa shape index (κ3) is 62.2. The van der Waals surface area contributed by atoms with Crippen LogP contribution in [0.3, 0.4) is 0 Å². The minimum Gasteiger partial charge on any atom is -0.462 e. The minimum atomic E-state index is -4.95. The summed E-state index contributed by atoms with van der Waals surface area (Å²) in [7, 11) is -9.90. The summed E-state index contributed by atoms with van der Waals surface area (Å²) >= 11 is 0. The topological polar surface area (TPSA) is 237 Å². The summed E-state index contributed by atoms with van der Waals surface area (Å²) in [6, 6.07) is 0. The number of esters is 4. The molecule has 19 heteroatoms. The maximum Gasteiger partial charge on any atom is 0.472 e. The van der Waals surface area contributed by atoms with Gasteiger partial charge in [-0.05, 0) is 49.4 Å². The lowest BCUT2D eigenvalue weighted by Gasteiger charge is -2.21. The molecule has 17 nitrogen and oxygen atoms in total. The first kappa shape index (κ1) is 88.1. The Labute approximate surface area is 549 Å². The number of aliphatic hydroxyl groups is 1. The van der Waals surface area contributed by atoms with Crippen molar-refractivity contribution >= 4 is 39.5 Å². The van der Waals surface area contributed by atoms with Crippen molar-refractivity contribution in [2.75, 3.05) is 39.6 Å². The van der Waals surface area contributed by atoms with E-state index in [1.165, 1.54) is 148 Å². The van der Waals surface area contributed by atoms with E-state index in [1.807, 2.05) is 0 Å². The molecule has 0 rings (SSSR count). The zero-order chi connectivity index (χ0) is 66.8. The van der Waals surface area contributed by atoms with Gasteiger partial charge in [-0.2, -0.15) is 0 Å². The van der Waals surface area contributed by atoms with Crippen LogP contribution >= 0.6 is 15.6 Å². The zero-order valence-electron chi connectivity index (χ0n) is 58.8. The van der Waals surface area contributed by atoms with Crippen molar-refractivity contribution in [2.45, 2.75) is 369 Å². The number of unbranched alkanes of at least 4 members (excludes halogenated alkanes) is 32. The molecule has 0 saturated carbocycles. The molecule has 90 heavy (non-hydrogen) atoms. The molecular weight excluding hydrogens is 1190 g/mol. The van der Waals surface area contributed by atoms with Crippen LogP contribution in [0.15, 0.2) is 0 Å². The van der Waals surface area contributed by atoms with Crippen LogP contribution in [0.25, 0.3) is 0 Å².